The molecule has 3 rings (SSSR count). The van der Waals surface area contributed by atoms with E-state index in [2.05, 4.69) is 17.0 Å². The quantitative estimate of drug-likeness (QED) is 0.842. The van der Waals surface area contributed by atoms with Crippen LogP contribution < -0.4 is 0 Å². The number of nitrogens with zero attached hydrogens (tertiary/aromatic N) is 3. The van der Waals surface area contributed by atoms with Crippen molar-refractivity contribution in [2.45, 2.75) is 6.92 Å². The van der Waals surface area contributed by atoms with Gasteiger partial charge in [0.1, 0.15) is 5.76 Å². The number of ketones is 1. The van der Waals surface area contributed by atoms with Crippen LogP contribution in [0.25, 0.3) is 5.76 Å². The second-order valence-electron chi connectivity index (χ2n) is 5.54. The van der Waals surface area contributed by atoms with Gasteiger partial charge in [0.05, 0.1) is 11.3 Å². The lowest BCUT2D eigenvalue weighted by atomic mass is 10.1. The molecule has 1 saturated heterocycles. The minimum atomic E-state index is -0.140. The van der Waals surface area contributed by atoms with Crippen LogP contribution in [0.1, 0.15) is 22.8 Å². The van der Waals surface area contributed by atoms with Crippen molar-refractivity contribution in [1.29, 1.82) is 0 Å². The number of likely N-dealkylation sites (N-methyl/N-ethyl adjacent to an activating group) is 1. The topological polar surface area (TPSA) is 56.1 Å². The molecule has 1 aromatic rings. The number of fused-ring (bicyclic) bond motifs is 1. The monoisotopic (exact) mass is 285 g/mol. The third-order valence-electron chi connectivity index (χ3n) is 4.02. The number of hydrazone groups is 1. The maximum Gasteiger partial charge on any atom is 0.199 e. The van der Waals surface area contributed by atoms with Crippen LogP contribution in [0.5, 0.6) is 0 Å². The van der Waals surface area contributed by atoms with Gasteiger partial charge in [-0.3, -0.25) is 9.80 Å². The van der Waals surface area contributed by atoms with E-state index in [-0.39, 0.29) is 11.5 Å². The molecule has 0 atom stereocenters. The Bertz CT molecular complexity index is 641. The van der Waals surface area contributed by atoms with Gasteiger partial charge in [0.2, 0.25) is 0 Å². The Labute approximate surface area is 124 Å². The lowest BCUT2D eigenvalue weighted by Crippen LogP contribution is -2.42. The van der Waals surface area contributed by atoms with Crippen molar-refractivity contribution in [1.82, 2.24) is 9.91 Å². The van der Waals surface area contributed by atoms with Crippen LogP contribution in [-0.4, -0.2) is 59.7 Å². The number of Topliss-reactive ketones (excluding diaryl/α,β-unsaturated/α-hetero) is 1. The SMILES string of the molecule is C/C(=N\N1CCN(C)CC1)C1=C(O)c2ccccc2C1=O. The fourth-order valence-corrected chi connectivity index (χ4v) is 2.76. The molecule has 1 N–H and O–H groups in total. The predicted octanol–water partition coefficient (Wildman–Crippen LogP) is 1.78. The first-order valence-corrected chi connectivity index (χ1v) is 7.14. The van der Waals surface area contributed by atoms with E-state index in [0.29, 0.717) is 22.4 Å². The Morgan fingerprint density at radius 1 is 1.14 bits per heavy atom. The third kappa shape index (κ3) is 2.45. The lowest BCUT2D eigenvalue weighted by molar-refractivity contribution is 0.104. The van der Waals surface area contributed by atoms with Gasteiger partial charge in [-0.2, -0.15) is 5.10 Å². The third-order valence-corrected chi connectivity index (χ3v) is 4.02. The van der Waals surface area contributed by atoms with E-state index in [4.69, 9.17) is 0 Å². The van der Waals surface area contributed by atoms with E-state index in [0.717, 1.165) is 26.2 Å². The number of carbonyl (C=O) groups excluding carboxylic acids is 1. The van der Waals surface area contributed by atoms with Crippen LogP contribution in [0.2, 0.25) is 0 Å². The van der Waals surface area contributed by atoms with Crippen LogP contribution in [0.4, 0.5) is 0 Å². The smallest absolute Gasteiger partial charge is 0.199 e. The van der Waals surface area contributed by atoms with Gasteiger partial charge < -0.3 is 10.0 Å². The maximum atomic E-state index is 12.4. The van der Waals surface area contributed by atoms with Crippen molar-refractivity contribution in [3.05, 3.63) is 41.0 Å². The number of rotatable bonds is 2. The molecule has 5 nitrogen and oxygen atoms in total. The minimum absolute atomic E-state index is 0.0472. The van der Waals surface area contributed by atoms with Crippen molar-refractivity contribution in [2.24, 2.45) is 5.10 Å². The number of benzene rings is 1. The number of aliphatic hydroxyl groups excluding tert-OH is 1. The summed E-state index contributed by atoms with van der Waals surface area (Å²) in [7, 11) is 2.08. The summed E-state index contributed by atoms with van der Waals surface area (Å²) in [5.41, 5.74) is 2.07. The largest absolute Gasteiger partial charge is 0.506 e. The highest BCUT2D eigenvalue weighted by molar-refractivity contribution is 6.35. The van der Waals surface area contributed by atoms with Crippen molar-refractivity contribution in [3.8, 4) is 0 Å². The van der Waals surface area contributed by atoms with Gasteiger partial charge in [-0.1, -0.05) is 24.3 Å². The van der Waals surface area contributed by atoms with E-state index in [1.54, 1.807) is 25.1 Å². The van der Waals surface area contributed by atoms with E-state index in [1.165, 1.54) is 0 Å². The van der Waals surface area contributed by atoms with Gasteiger partial charge in [-0.25, -0.2) is 0 Å². The van der Waals surface area contributed by atoms with Gasteiger partial charge >= 0.3 is 0 Å². The molecule has 0 aromatic heterocycles. The first kappa shape index (κ1) is 13.8. The first-order valence-electron chi connectivity index (χ1n) is 7.14. The zero-order valence-electron chi connectivity index (χ0n) is 12.3. The molecule has 0 saturated carbocycles. The zero-order chi connectivity index (χ0) is 15.0. The molecule has 1 aliphatic heterocycles. The number of hydrogen-bond acceptors (Lipinski definition) is 5. The van der Waals surface area contributed by atoms with Gasteiger partial charge in [-0.15, -0.1) is 0 Å². The molecular weight excluding hydrogens is 266 g/mol. The van der Waals surface area contributed by atoms with Crippen molar-refractivity contribution in [2.75, 3.05) is 33.2 Å². The predicted molar refractivity (Wildman–Crippen MR) is 82.5 cm³/mol. The van der Waals surface area contributed by atoms with Crippen LogP contribution in [0.15, 0.2) is 34.9 Å². The Morgan fingerprint density at radius 2 is 1.76 bits per heavy atom. The van der Waals surface area contributed by atoms with Crippen molar-refractivity contribution in [3.63, 3.8) is 0 Å². The highest BCUT2D eigenvalue weighted by Crippen LogP contribution is 2.31. The molecule has 0 unspecified atom stereocenters. The standard InChI is InChI=1S/C16H19N3O2/c1-11(17-19-9-7-18(2)8-10-19)14-15(20)12-5-3-4-6-13(12)16(14)21/h3-6,20H,7-10H2,1-2H3/b17-11+. The minimum Gasteiger partial charge on any atom is -0.506 e. The van der Waals surface area contributed by atoms with Crippen LogP contribution in [0.3, 0.4) is 0 Å². The van der Waals surface area contributed by atoms with Crippen LogP contribution in [0, 0.1) is 0 Å². The van der Waals surface area contributed by atoms with Crippen LogP contribution >= 0.6 is 0 Å². The average molecular weight is 285 g/mol. The Balaban J connectivity index is 1.87. The molecule has 1 heterocycles. The summed E-state index contributed by atoms with van der Waals surface area (Å²) in [6.45, 7) is 5.37. The molecule has 0 spiro atoms. The van der Waals surface area contributed by atoms with E-state index in [1.807, 2.05) is 11.1 Å². The number of allylic oxidation sites excluding steroid dienone is 1. The fraction of sp³-hybridized carbons (Fsp3) is 0.375. The van der Waals surface area contributed by atoms with E-state index < -0.39 is 0 Å². The molecule has 5 heteroatoms. The van der Waals surface area contributed by atoms with Gasteiger partial charge in [0.15, 0.2) is 5.78 Å². The molecule has 0 radical (unpaired) electrons. The number of piperazine rings is 1. The highest BCUT2D eigenvalue weighted by Gasteiger charge is 2.31. The summed E-state index contributed by atoms with van der Waals surface area (Å²) in [5, 5.41) is 16.8. The average Bonchev–Trinajstić information content (AvgIpc) is 2.74. The summed E-state index contributed by atoms with van der Waals surface area (Å²) in [4.78, 5) is 14.7. The zero-order valence-corrected chi connectivity index (χ0v) is 12.3. The van der Waals surface area contributed by atoms with E-state index >= 15 is 0 Å². The lowest BCUT2D eigenvalue weighted by Gasteiger charge is -2.30. The van der Waals surface area contributed by atoms with E-state index in [9.17, 15) is 9.90 Å². The fourth-order valence-electron chi connectivity index (χ4n) is 2.76. The molecular formula is C16H19N3O2. The summed E-state index contributed by atoms with van der Waals surface area (Å²) in [6, 6.07) is 7.13. The molecule has 2 aliphatic rings. The van der Waals surface area contributed by atoms with Gasteiger partial charge in [-0.05, 0) is 14.0 Å². The van der Waals surface area contributed by atoms with Crippen molar-refractivity contribution < 1.29 is 9.90 Å². The van der Waals surface area contributed by atoms with Crippen LogP contribution in [-0.2, 0) is 0 Å². The summed E-state index contributed by atoms with van der Waals surface area (Å²) < 4.78 is 0. The highest BCUT2D eigenvalue weighted by atomic mass is 16.3. The van der Waals surface area contributed by atoms with Gasteiger partial charge in [0, 0.05) is 37.3 Å². The molecule has 1 aliphatic carbocycles. The number of carbonyl (C=O) groups is 1. The molecule has 1 aromatic carbocycles. The molecule has 1 fully saturated rings. The van der Waals surface area contributed by atoms with Gasteiger partial charge in [0.25, 0.3) is 0 Å². The molecule has 21 heavy (non-hydrogen) atoms. The summed E-state index contributed by atoms with van der Waals surface area (Å²) in [6.07, 6.45) is 0. The number of hydrogen-bond donors (Lipinski definition) is 1. The second-order valence-corrected chi connectivity index (χ2v) is 5.54. The van der Waals surface area contributed by atoms with Crippen molar-refractivity contribution >= 4 is 17.3 Å². The Morgan fingerprint density at radius 3 is 2.38 bits per heavy atom. The first-order chi connectivity index (χ1) is 10.1. The normalized spacial score (nSPS) is 20.2. The molecule has 0 bridgehead atoms. The summed E-state index contributed by atoms with van der Waals surface area (Å²) >= 11 is 0. The second kappa shape index (κ2) is 5.33. The molecule has 110 valence electrons. The summed E-state index contributed by atoms with van der Waals surface area (Å²) in [5.74, 6) is -0.0931. The Hall–Kier alpha value is -2.14. The maximum absolute atomic E-state index is 12.4. The molecule has 0 amide bonds. The number of aliphatic hydroxyl groups is 1. The Kier molecular flexibility index (Phi) is 3.51.